The van der Waals surface area contributed by atoms with Gasteiger partial charge in [-0.3, -0.25) is 0 Å². The largest absolute Gasteiger partial charge is 0.387 e. The molecule has 2 nitrogen and oxygen atoms in total. The lowest BCUT2D eigenvalue weighted by Crippen LogP contribution is -2.24. The summed E-state index contributed by atoms with van der Waals surface area (Å²) in [6.45, 7) is 0.577. The third-order valence-corrected chi connectivity index (χ3v) is 4.75. The second-order valence-electron chi connectivity index (χ2n) is 5.73. The lowest BCUT2D eigenvalue weighted by Gasteiger charge is -2.22. The van der Waals surface area contributed by atoms with Crippen molar-refractivity contribution in [2.75, 3.05) is 13.6 Å². The van der Waals surface area contributed by atoms with Gasteiger partial charge >= 0.3 is 0 Å². The van der Waals surface area contributed by atoms with E-state index in [4.69, 9.17) is 11.6 Å². The molecular weight excluding hydrogens is 258 g/mol. The molecule has 102 valence electrons. The van der Waals surface area contributed by atoms with Crippen LogP contribution in [0.1, 0.15) is 36.8 Å². The molecule has 0 radical (unpaired) electrons. The summed E-state index contributed by atoms with van der Waals surface area (Å²) in [7, 11) is 1.86. The Hall–Kier alpha value is -0.830. The van der Waals surface area contributed by atoms with Crippen molar-refractivity contribution >= 4 is 17.2 Å². The van der Waals surface area contributed by atoms with Crippen LogP contribution >= 0.6 is 11.6 Å². The average Bonchev–Trinajstić information content (AvgIpc) is 2.97. The summed E-state index contributed by atoms with van der Waals surface area (Å²) < 4.78 is 0. The van der Waals surface area contributed by atoms with Gasteiger partial charge < -0.3 is 10.4 Å². The minimum absolute atomic E-state index is 0.157. The molecule has 1 atom stereocenters. The van der Waals surface area contributed by atoms with E-state index in [1.165, 1.54) is 31.2 Å². The first kappa shape index (κ1) is 13.2. The molecule has 1 spiro atoms. The Morgan fingerprint density at radius 3 is 2.79 bits per heavy atom. The number of hydrogen-bond acceptors (Lipinski definition) is 2. The van der Waals surface area contributed by atoms with Gasteiger partial charge in [-0.05, 0) is 48.7 Å². The van der Waals surface area contributed by atoms with Crippen LogP contribution < -0.4 is 5.32 Å². The molecule has 1 unspecified atom stereocenters. The van der Waals surface area contributed by atoms with Crippen molar-refractivity contribution < 1.29 is 5.11 Å². The van der Waals surface area contributed by atoms with Crippen molar-refractivity contribution in [2.24, 2.45) is 0 Å². The van der Waals surface area contributed by atoms with Crippen LogP contribution in [0.25, 0.3) is 5.57 Å². The number of aliphatic hydroxyl groups is 1. The molecule has 0 saturated heterocycles. The highest BCUT2D eigenvalue weighted by Crippen LogP contribution is 2.51. The fourth-order valence-corrected chi connectivity index (χ4v) is 3.81. The summed E-state index contributed by atoms with van der Waals surface area (Å²) in [4.78, 5) is 0. The van der Waals surface area contributed by atoms with E-state index in [2.05, 4.69) is 17.5 Å². The van der Waals surface area contributed by atoms with Gasteiger partial charge in [-0.1, -0.05) is 36.6 Å². The molecule has 0 heterocycles. The number of rotatable bonds is 3. The van der Waals surface area contributed by atoms with Crippen molar-refractivity contribution in [2.45, 2.75) is 37.2 Å². The third kappa shape index (κ3) is 2.12. The molecule has 3 rings (SSSR count). The van der Waals surface area contributed by atoms with E-state index in [0.29, 0.717) is 6.54 Å². The molecule has 1 aromatic carbocycles. The SMILES string of the molecule is CNCC(O)C1=CC2(CCCC2)c2ccc(Cl)cc21. The summed E-state index contributed by atoms with van der Waals surface area (Å²) in [6, 6.07) is 6.13. The van der Waals surface area contributed by atoms with Crippen molar-refractivity contribution in [1.29, 1.82) is 0 Å². The second kappa shape index (κ2) is 4.93. The van der Waals surface area contributed by atoms with E-state index >= 15 is 0 Å². The predicted octanol–water partition coefficient (Wildman–Crippen LogP) is 3.13. The van der Waals surface area contributed by atoms with Gasteiger partial charge in [-0.15, -0.1) is 0 Å². The van der Waals surface area contributed by atoms with Crippen molar-refractivity contribution in [3.05, 3.63) is 40.4 Å². The van der Waals surface area contributed by atoms with Gasteiger partial charge in [-0.2, -0.15) is 0 Å². The number of nitrogens with one attached hydrogen (secondary N) is 1. The van der Waals surface area contributed by atoms with Crippen LogP contribution in [0.15, 0.2) is 24.3 Å². The normalized spacial score (nSPS) is 21.5. The Bertz CT molecular complexity index is 517. The molecule has 0 aromatic heterocycles. The van der Waals surface area contributed by atoms with E-state index in [1.807, 2.05) is 19.2 Å². The van der Waals surface area contributed by atoms with E-state index in [1.54, 1.807) is 0 Å². The van der Waals surface area contributed by atoms with Crippen LogP contribution in [-0.4, -0.2) is 24.8 Å². The van der Waals surface area contributed by atoms with Crippen molar-refractivity contribution in [3.63, 3.8) is 0 Å². The molecule has 0 bridgehead atoms. The molecular formula is C16H20ClNO. The van der Waals surface area contributed by atoms with Gasteiger partial charge in [0.25, 0.3) is 0 Å². The van der Waals surface area contributed by atoms with Gasteiger partial charge in [0, 0.05) is 17.0 Å². The summed E-state index contributed by atoms with van der Waals surface area (Å²) in [5.41, 5.74) is 3.72. The van der Waals surface area contributed by atoms with Crippen LogP contribution in [0, 0.1) is 0 Å². The van der Waals surface area contributed by atoms with Gasteiger partial charge in [0.1, 0.15) is 0 Å². The summed E-state index contributed by atoms with van der Waals surface area (Å²) >= 11 is 6.14. The molecule has 2 aliphatic rings. The molecule has 1 fully saturated rings. The Balaban J connectivity index is 2.08. The fraction of sp³-hybridized carbons (Fsp3) is 0.500. The van der Waals surface area contributed by atoms with E-state index in [-0.39, 0.29) is 5.41 Å². The number of aliphatic hydroxyl groups excluding tert-OH is 1. The topological polar surface area (TPSA) is 32.3 Å². The average molecular weight is 278 g/mol. The molecule has 3 heteroatoms. The van der Waals surface area contributed by atoms with E-state index < -0.39 is 6.10 Å². The second-order valence-corrected chi connectivity index (χ2v) is 6.16. The maximum absolute atomic E-state index is 10.4. The molecule has 2 N–H and O–H groups in total. The van der Waals surface area contributed by atoms with Gasteiger partial charge in [0.2, 0.25) is 0 Å². The molecule has 1 aromatic rings. The molecule has 19 heavy (non-hydrogen) atoms. The van der Waals surface area contributed by atoms with Crippen LogP contribution in [-0.2, 0) is 5.41 Å². The smallest absolute Gasteiger partial charge is 0.0917 e. The van der Waals surface area contributed by atoms with Crippen LogP contribution in [0.5, 0.6) is 0 Å². The minimum atomic E-state index is -0.456. The number of fused-ring (bicyclic) bond motifs is 2. The van der Waals surface area contributed by atoms with Crippen LogP contribution in [0.3, 0.4) is 0 Å². The van der Waals surface area contributed by atoms with Gasteiger partial charge in [0.15, 0.2) is 0 Å². The van der Waals surface area contributed by atoms with Crippen LogP contribution in [0.4, 0.5) is 0 Å². The fourth-order valence-electron chi connectivity index (χ4n) is 3.64. The quantitative estimate of drug-likeness (QED) is 0.890. The lowest BCUT2D eigenvalue weighted by molar-refractivity contribution is 0.231. The Labute approximate surface area is 119 Å². The number of hydrogen-bond donors (Lipinski definition) is 2. The Morgan fingerprint density at radius 1 is 1.37 bits per heavy atom. The van der Waals surface area contributed by atoms with Crippen molar-refractivity contribution in [3.8, 4) is 0 Å². The minimum Gasteiger partial charge on any atom is -0.387 e. The third-order valence-electron chi connectivity index (χ3n) is 4.51. The summed E-state index contributed by atoms with van der Waals surface area (Å²) in [5.74, 6) is 0. The van der Waals surface area contributed by atoms with Crippen molar-refractivity contribution in [1.82, 2.24) is 5.32 Å². The van der Waals surface area contributed by atoms with Crippen LogP contribution in [0.2, 0.25) is 5.02 Å². The zero-order chi connectivity index (χ0) is 13.5. The Morgan fingerprint density at radius 2 is 2.11 bits per heavy atom. The first-order valence-corrected chi connectivity index (χ1v) is 7.40. The van der Waals surface area contributed by atoms with Gasteiger partial charge in [0.05, 0.1) is 6.10 Å². The highest BCUT2D eigenvalue weighted by atomic mass is 35.5. The zero-order valence-corrected chi connectivity index (χ0v) is 12.0. The standard InChI is InChI=1S/C16H20ClNO/c1-18-10-15(19)13-9-16(6-2-3-7-16)14-5-4-11(17)8-12(13)14/h4-5,8-9,15,18-19H,2-3,6-7,10H2,1H3. The number of allylic oxidation sites excluding steroid dienone is 1. The maximum atomic E-state index is 10.4. The first-order chi connectivity index (χ1) is 9.16. The number of likely N-dealkylation sites (N-methyl/N-ethyl adjacent to an activating group) is 1. The number of benzene rings is 1. The molecule has 1 saturated carbocycles. The highest BCUT2D eigenvalue weighted by Gasteiger charge is 2.41. The maximum Gasteiger partial charge on any atom is 0.0917 e. The monoisotopic (exact) mass is 277 g/mol. The molecule has 0 amide bonds. The lowest BCUT2D eigenvalue weighted by atomic mass is 9.81. The zero-order valence-electron chi connectivity index (χ0n) is 11.2. The Kier molecular flexibility index (Phi) is 3.42. The van der Waals surface area contributed by atoms with E-state index in [9.17, 15) is 5.11 Å². The molecule has 0 aliphatic heterocycles. The van der Waals surface area contributed by atoms with Gasteiger partial charge in [-0.25, -0.2) is 0 Å². The van der Waals surface area contributed by atoms with E-state index in [0.717, 1.165) is 16.2 Å². The molecule has 2 aliphatic carbocycles. The summed E-state index contributed by atoms with van der Waals surface area (Å²) in [6.07, 6.45) is 6.78. The summed E-state index contributed by atoms with van der Waals surface area (Å²) in [5, 5.41) is 14.1. The first-order valence-electron chi connectivity index (χ1n) is 7.02. The predicted molar refractivity (Wildman–Crippen MR) is 79.5 cm³/mol. The highest BCUT2D eigenvalue weighted by molar-refractivity contribution is 6.30. The number of halogens is 1.